The van der Waals surface area contributed by atoms with Gasteiger partial charge >= 0.3 is 0 Å². The minimum absolute atomic E-state index is 0.00599. The Kier molecular flexibility index (Phi) is 5.98. The molecule has 0 saturated carbocycles. The molecule has 0 aliphatic heterocycles. The first kappa shape index (κ1) is 17.1. The molecule has 1 amide bonds. The molecule has 0 saturated heterocycles. The van der Waals surface area contributed by atoms with Gasteiger partial charge in [0.15, 0.2) is 11.5 Å². The maximum absolute atomic E-state index is 12.2. The summed E-state index contributed by atoms with van der Waals surface area (Å²) in [7, 11) is 1.56. The number of nitriles is 1. The summed E-state index contributed by atoms with van der Waals surface area (Å²) in [5.41, 5.74) is 1.32. The van der Waals surface area contributed by atoms with Gasteiger partial charge in [-0.05, 0) is 42.8 Å². The minimum Gasteiger partial charge on any atom is -0.493 e. The van der Waals surface area contributed by atoms with Crippen LogP contribution in [0.15, 0.2) is 54.1 Å². The molecule has 2 aromatic carbocycles. The lowest BCUT2D eigenvalue weighted by Crippen LogP contribution is -2.13. The largest absolute Gasteiger partial charge is 0.493 e. The number of hydrogen-bond donors (Lipinski definition) is 1. The molecule has 2 rings (SSSR count). The standard InChI is InChI=1S/C19H18N2O3/c1-3-24-18-12-14(9-10-17(18)23-2)11-15(13-20)19(22)21-16-7-5-4-6-8-16/h4-12H,3H2,1-2H3,(H,21,22)/b15-11-. The van der Waals surface area contributed by atoms with Gasteiger partial charge in [0, 0.05) is 5.69 Å². The molecule has 1 N–H and O–H groups in total. The quantitative estimate of drug-likeness (QED) is 0.651. The maximum Gasteiger partial charge on any atom is 0.266 e. The summed E-state index contributed by atoms with van der Waals surface area (Å²) in [5.74, 6) is 0.702. The van der Waals surface area contributed by atoms with E-state index >= 15 is 0 Å². The molecule has 0 fully saturated rings. The summed E-state index contributed by atoms with van der Waals surface area (Å²) in [5, 5.41) is 12.0. The lowest BCUT2D eigenvalue weighted by atomic mass is 10.1. The van der Waals surface area contributed by atoms with Crippen LogP contribution in [0.4, 0.5) is 5.69 Å². The molecule has 5 nitrogen and oxygen atoms in total. The van der Waals surface area contributed by atoms with Crippen molar-refractivity contribution in [2.75, 3.05) is 19.0 Å². The summed E-state index contributed by atoms with van der Waals surface area (Å²) in [6.45, 7) is 2.36. The zero-order chi connectivity index (χ0) is 17.4. The molecule has 0 unspecified atom stereocenters. The van der Waals surface area contributed by atoms with Crippen LogP contribution in [0, 0.1) is 11.3 Å². The van der Waals surface area contributed by atoms with Crippen LogP contribution in [0.3, 0.4) is 0 Å². The summed E-state index contributed by atoms with van der Waals surface area (Å²) >= 11 is 0. The predicted molar refractivity (Wildman–Crippen MR) is 92.8 cm³/mol. The van der Waals surface area contributed by atoms with Gasteiger partial charge in [0.05, 0.1) is 13.7 Å². The third-order valence-electron chi connectivity index (χ3n) is 3.20. The van der Waals surface area contributed by atoms with Gasteiger partial charge in [0.2, 0.25) is 0 Å². The smallest absolute Gasteiger partial charge is 0.266 e. The summed E-state index contributed by atoms with van der Waals surface area (Å²) < 4.78 is 10.7. The van der Waals surface area contributed by atoms with Crippen molar-refractivity contribution in [3.8, 4) is 17.6 Å². The average Bonchev–Trinajstić information content (AvgIpc) is 2.61. The minimum atomic E-state index is -0.461. The van der Waals surface area contributed by atoms with Crippen LogP contribution in [0.5, 0.6) is 11.5 Å². The zero-order valence-electron chi connectivity index (χ0n) is 13.6. The van der Waals surface area contributed by atoms with Crippen molar-refractivity contribution < 1.29 is 14.3 Å². The fraction of sp³-hybridized carbons (Fsp3) is 0.158. The van der Waals surface area contributed by atoms with Crippen molar-refractivity contribution in [1.82, 2.24) is 0 Å². The van der Waals surface area contributed by atoms with Gasteiger partial charge < -0.3 is 14.8 Å². The molecule has 0 aromatic heterocycles. The van der Waals surface area contributed by atoms with Crippen LogP contribution >= 0.6 is 0 Å². The first-order valence-corrected chi connectivity index (χ1v) is 7.47. The summed E-state index contributed by atoms with van der Waals surface area (Å²) in [6.07, 6.45) is 1.51. The molecule has 0 spiro atoms. The molecule has 0 aliphatic carbocycles. The Hall–Kier alpha value is -3.26. The first-order valence-electron chi connectivity index (χ1n) is 7.47. The molecule has 122 valence electrons. The van der Waals surface area contributed by atoms with Crippen molar-refractivity contribution in [2.24, 2.45) is 0 Å². The van der Waals surface area contributed by atoms with Crippen LogP contribution in [0.1, 0.15) is 12.5 Å². The Balaban J connectivity index is 2.25. The third-order valence-corrected chi connectivity index (χ3v) is 3.20. The number of ether oxygens (including phenoxy) is 2. The number of methoxy groups -OCH3 is 1. The van der Waals surface area contributed by atoms with E-state index < -0.39 is 5.91 Å². The van der Waals surface area contributed by atoms with Crippen molar-refractivity contribution in [3.63, 3.8) is 0 Å². The number of nitrogens with zero attached hydrogens (tertiary/aromatic N) is 1. The van der Waals surface area contributed by atoms with Gasteiger partial charge in [-0.2, -0.15) is 5.26 Å². The molecule has 0 atom stereocenters. The van der Waals surface area contributed by atoms with E-state index in [-0.39, 0.29) is 5.57 Å². The Morgan fingerprint density at radius 2 is 1.96 bits per heavy atom. The van der Waals surface area contributed by atoms with Gasteiger partial charge in [0.25, 0.3) is 5.91 Å². The summed E-state index contributed by atoms with van der Waals surface area (Å²) in [6, 6.07) is 16.1. The monoisotopic (exact) mass is 322 g/mol. The van der Waals surface area contributed by atoms with E-state index in [9.17, 15) is 10.1 Å². The highest BCUT2D eigenvalue weighted by molar-refractivity contribution is 6.09. The van der Waals surface area contributed by atoms with Crippen LogP contribution in [-0.4, -0.2) is 19.6 Å². The maximum atomic E-state index is 12.2. The Morgan fingerprint density at radius 1 is 1.21 bits per heavy atom. The highest BCUT2D eigenvalue weighted by Crippen LogP contribution is 2.29. The SMILES string of the molecule is CCOc1cc(/C=C(/C#N)C(=O)Nc2ccccc2)ccc1OC. The van der Waals surface area contributed by atoms with E-state index in [0.717, 1.165) is 0 Å². The van der Waals surface area contributed by atoms with E-state index in [1.54, 1.807) is 37.4 Å². The average molecular weight is 322 g/mol. The van der Waals surface area contributed by atoms with E-state index in [2.05, 4.69) is 5.32 Å². The Labute approximate surface area is 141 Å². The van der Waals surface area contributed by atoms with Gasteiger partial charge in [0.1, 0.15) is 11.6 Å². The van der Waals surface area contributed by atoms with Crippen LogP contribution in [0.2, 0.25) is 0 Å². The number of hydrogen-bond acceptors (Lipinski definition) is 4. The number of para-hydroxylation sites is 1. The lowest BCUT2D eigenvalue weighted by Gasteiger charge is -2.10. The van der Waals surface area contributed by atoms with Gasteiger partial charge in [-0.15, -0.1) is 0 Å². The van der Waals surface area contributed by atoms with Crippen molar-refractivity contribution in [1.29, 1.82) is 5.26 Å². The van der Waals surface area contributed by atoms with Crippen LogP contribution in [0.25, 0.3) is 6.08 Å². The number of carbonyl (C=O) groups excluding carboxylic acids is 1. The number of anilines is 1. The predicted octanol–water partition coefficient (Wildman–Crippen LogP) is 3.64. The Bertz CT molecular complexity index is 777. The highest BCUT2D eigenvalue weighted by Gasteiger charge is 2.11. The van der Waals surface area contributed by atoms with Crippen molar-refractivity contribution in [3.05, 3.63) is 59.7 Å². The fourth-order valence-corrected chi connectivity index (χ4v) is 2.09. The molecule has 0 heterocycles. The summed E-state index contributed by atoms with van der Waals surface area (Å²) in [4.78, 5) is 12.2. The molecular formula is C19H18N2O3. The van der Waals surface area contributed by atoms with Gasteiger partial charge in [-0.3, -0.25) is 4.79 Å². The molecule has 0 bridgehead atoms. The van der Waals surface area contributed by atoms with Crippen LogP contribution < -0.4 is 14.8 Å². The van der Waals surface area contributed by atoms with Crippen LogP contribution in [-0.2, 0) is 4.79 Å². The molecule has 5 heteroatoms. The van der Waals surface area contributed by atoms with E-state index in [0.29, 0.717) is 29.4 Å². The number of nitrogens with one attached hydrogen (secondary N) is 1. The second-order valence-electron chi connectivity index (χ2n) is 4.83. The topological polar surface area (TPSA) is 71.3 Å². The number of benzene rings is 2. The fourth-order valence-electron chi connectivity index (χ4n) is 2.09. The van der Waals surface area contributed by atoms with E-state index in [1.165, 1.54) is 6.08 Å². The van der Waals surface area contributed by atoms with E-state index in [1.807, 2.05) is 31.2 Å². The molecular weight excluding hydrogens is 304 g/mol. The lowest BCUT2D eigenvalue weighted by molar-refractivity contribution is -0.112. The third kappa shape index (κ3) is 4.37. The number of amides is 1. The number of rotatable bonds is 6. The molecule has 0 radical (unpaired) electrons. The van der Waals surface area contributed by atoms with Crippen molar-refractivity contribution in [2.45, 2.75) is 6.92 Å². The zero-order valence-corrected chi connectivity index (χ0v) is 13.6. The van der Waals surface area contributed by atoms with Gasteiger partial charge in [-0.1, -0.05) is 24.3 Å². The normalized spacial score (nSPS) is 10.6. The second-order valence-corrected chi connectivity index (χ2v) is 4.83. The molecule has 24 heavy (non-hydrogen) atoms. The highest BCUT2D eigenvalue weighted by atomic mass is 16.5. The number of carbonyl (C=O) groups is 1. The molecule has 2 aromatic rings. The van der Waals surface area contributed by atoms with Gasteiger partial charge in [-0.25, -0.2) is 0 Å². The second kappa shape index (κ2) is 8.39. The Morgan fingerprint density at radius 3 is 2.58 bits per heavy atom. The van der Waals surface area contributed by atoms with Crippen molar-refractivity contribution >= 4 is 17.7 Å². The first-order chi connectivity index (χ1) is 11.7. The molecule has 0 aliphatic rings. The van der Waals surface area contributed by atoms with E-state index in [4.69, 9.17) is 9.47 Å².